The minimum atomic E-state index is 0.736. The van der Waals surface area contributed by atoms with E-state index < -0.39 is 0 Å². The van der Waals surface area contributed by atoms with Crippen molar-refractivity contribution >= 4 is 0 Å². The van der Waals surface area contributed by atoms with Crippen molar-refractivity contribution in [1.82, 2.24) is 4.90 Å². The van der Waals surface area contributed by atoms with Crippen LogP contribution in [0.5, 0.6) is 0 Å². The summed E-state index contributed by atoms with van der Waals surface area (Å²) in [5.74, 6) is 0.982. The van der Waals surface area contributed by atoms with Gasteiger partial charge in [0, 0.05) is 12.6 Å². The van der Waals surface area contributed by atoms with Gasteiger partial charge in [-0.2, -0.15) is 0 Å². The molecule has 0 amide bonds. The quantitative estimate of drug-likeness (QED) is 0.859. The molecule has 1 saturated carbocycles. The van der Waals surface area contributed by atoms with Crippen molar-refractivity contribution in [3.63, 3.8) is 0 Å². The number of hydrogen-bond donors (Lipinski definition) is 1. The van der Waals surface area contributed by atoms with E-state index in [2.05, 4.69) is 43.1 Å². The van der Waals surface area contributed by atoms with Gasteiger partial charge in [0.05, 0.1) is 0 Å². The maximum Gasteiger partial charge on any atom is 0.0233 e. The second-order valence-electron chi connectivity index (χ2n) is 6.35. The lowest BCUT2D eigenvalue weighted by molar-refractivity contribution is 0.157. The molecule has 0 atom stereocenters. The van der Waals surface area contributed by atoms with Crippen LogP contribution >= 0.6 is 0 Å². The van der Waals surface area contributed by atoms with E-state index in [1.54, 1.807) is 0 Å². The fraction of sp³-hybridized carbons (Fsp3) is 0.667. The van der Waals surface area contributed by atoms with Gasteiger partial charge in [0.25, 0.3) is 0 Å². The first kappa shape index (κ1) is 15.5. The first-order chi connectivity index (χ1) is 9.72. The van der Waals surface area contributed by atoms with E-state index >= 15 is 0 Å². The average Bonchev–Trinajstić information content (AvgIpc) is 2.49. The Labute approximate surface area is 124 Å². The summed E-state index contributed by atoms with van der Waals surface area (Å²) >= 11 is 0. The predicted molar refractivity (Wildman–Crippen MR) is 86.7 cm³/mol. The van der Waals surface area contributed by atoms with Gasteiger partial charge in [-0.25, -0.2) is 0 Å². The minimum absolute atomic E-state index is 0.736. The molecule has 1 aliphatic carbocycles. The van der Waals surface area contributed by atoms with E-state index in [1.165, 1.54) is 43.2 Å². The van der Waals surface area contributed by atoms with Crippen molar-refractivity contribution in [2.75, 3.05) is 13.6 Å². The molecule has 1 aliphatic rings. The molecule has 2 N–H and O–H groups in total. The van der Waals surface area contributed by atoms with Gasteiger partial charge in [-0.15, -0.1) is 0 Å². The molecule has 2 rings (SSSR count). The molecule has 20 heavy (non-hydrogen) atoms. The number of rotatable bonds is 6. The van der Waals surface area contributed by atoms with Crippen LogP contribution < -0.4 is 5.73 Å². The molecule has 2 heteroatoms. The second-order valence-corrected chi connectivity index (χ2v) is 6.35. The third-order valence-electron chi connectivity index (χ3n) is 4.90. The topological polar surface area (TPSA) is 29.3 Å². The van der Waals surface area contributed by atoms with E-state index in [1.807, 2.05) is 0 Å². The average molecular weight is 274 g/mol. The van der Waals surface area contributed by atoms with E-state index in [0.717, 1.165) is 31.5 Å². The molecule has 2 nitrogen and oxygen atoms in total. The summed E-state index contributed by atoms with van der Waals surface area (Å²) in [6.07, 6.45) is 7.93. The lowest BCUT2D eigenvalue weighted by Crippen LogP contribution is -2.34. The highest BCUT2D eigenvalue weighted by Crippen LogP contribution is 2.29. The molecular weight excluding hydrogens is 244 g/mol. The van der Waals surface area contributed by atoms with Gasteiger partial charge < -0.3 is 5.73 Å². The first-order valence-corrected chi connectivity index (χ1v) is 8.21. The van der Waals surface area contributed by atoms with Gasteiger partial charge in [-0.1, -0.05) is 37.6 Å². The summed E-state index contributed by atoms with van der Waals surface area (Å²) in [5, 5.41) is 0. The fourth-order valence-electron chi connectivity index (χ4n) is 3.39. The monoisotopic (exact) mass is 274 g/mol. The highest BCUT2D eigenvalue weighted by Gasteiger charge is 2.22. The van der Waals surface area contributed by atoms with E-state index in [-0.39, 0.29) is 0 Å². The van der Waals surface area contributed by atoms with Crippen LogP contribution in [0, 0.1) is 5.92 Å². The van der Waals surface area contributed by atoms with Crippen molar-refractivity contribution in [2.45, 2.75) is 58.0 Å². The molecule has 1 aromatic rings. The summed E-state index contributed by atoms with van der Waals surface area (Å²) in [6.45, 7) is 4.14. The Morgan fingerprint density at radius 3 is 2.20 bits per heavy atom. The van der Waals surface area contributed by atoms with E-state index in [0.29, 0.717) is 0 Å². The minimum Gasteiger partial charge on any atom is -0.330 e. The Bertz CT molecular complexity index is 377. The largest absolute Gasteiger partial charge is 0.330 e. The van der Waals surface area contributed by atoms with Gasteiger partial charge in [0.15, 0.2) is 0 Å². The summed E-state index contributed by atoms with van der Waals surface area (Å²) in [4.78, 5) is 2.55. The Balaban J connectivity index is 1.83. The van der Waals surface area contributed by atoms with Gasteiger partial charge in [0.1, 0.15) is 0 Å². The standard InChI is InChI=1S/C18H30N2/c1-3-15-8-10-18(11-9-15)20(2)14-17-6-4-16(5-7-17)12-13-19/h4-7,15,18H,3,8-14,19H2,1-2H3. The summed E-state index contributed by atoms with van der Waals surface area (Å²) in [6, 6.07) is 9.76. The summed E-state index contributed by atoms with van der Waals surface area (Å²) in [7, 11) is 2.28. The van der Waals surface area contributed by atoms with Crippen LogP contribution in [-0.2, 0) is 13.0 Å². The fourth-order valence-corrected chi connectivity index (χ4v) is 3.39. The maximum atomic E-state index is 5.59. The van der Waals surface area contributed by atoms with Crippen LogP contribution in [0.3, 0.4) is 0 Å². The Morgan fingerprint density at radius 2 is 1.65 bits per heavy atom. The van der Waals surface area contributed by atoms with Crippen molar-refractivity contribution < 1.29 is 0 Å². The van der Waals surface area contributed by atoms with Crippen LogP contribution in [0.1, 0.15) is 50.2 Å². The highest BCUT2D eigenvalue weighted by molar-refractivity contribution is 5.22. The molecule has 0 spiro atoms. The Kier molecular flexibility index (Phi) is 6.06. The molecule has 0 aliphatic heterocycles. The number of nitrogens with two attached hydrogens (primary N) is 1. The summed E-state index contributed by atoms with van der Waals surface area (Å²) in [5.41, 5.74) is 8.36. The van der Waals surface area contributed by atoms with Gasteiger partial charge >= 0.3 is 0 Å². The van der Waals surface area contributed by atoms with Crippen molar-refractivity contribution in [2.24, 2.45) is 11.7 Å². The zero-order valence-electron chi connectivity index (χ0n) is 13.1. The van der Waals surface area contributed by atoms with Crippen LogP contribution in [0.2, 0.25) is 0 Å². The number of nitrogens with zero attached hydrogens (tertiary/aromatic N) is 1. The smallest absolute Gasteiger partial charge is 0.0233 e. The SMILES string of the molecule is CCC1CCC(N(C)Cc2ccc(CCN)cc2)CC1. The molecule has 0 unspecified atom stereocenters. The summed E-state index contributed by atoms with van der Waals surface area (Å²) < 4.78 is 0. The normalized spacial score (nSPS) is 23.2. The molecule has 0 radical (unpaired) electrons. The third kappa shape index (κ3) is 4.32. The molecule has 112 valence electrons. The molecule has 0 saturated heterocycles. The molecular formula is C18H30N2. The van der Waals surface area contributed by atoms with Crippen molar-refractivity contribution in [1.29, 1.82) is 0 Å². The Hall–Kier alpha value is -0.860. The molecule has 0 aromatic heterocycles. The molecule has 1 fully saturated rings. The zero-order valence-corrected chi connectivity index (χ0v) is 13.1. The van der Waals surface area contributed by atoms with Gasteiger partial charge in [0.2, 0.25) is 0 Å². The maximum absolute atomic E-state index is 5.59. The van der Waals surface area contributed by atoms with Crippen LogP contribution in [0.15, 0.2) is 24.3 Å². The lowest BCUT2D eigenvalue weighted by atomic mass is 9.84. The first-order valence-electron chi connectivity index (χ1n) is 8.21. The highest BCUT2D eigenvalue weighted by atomic mass is 15.1. The van der Waals surface area contributed by atoms with Crippen LogP contribution in [0.25, 0.3) is 0 Å². The Morgan fingerprint density at radius 1 is 1.05 bits per heavy atom. The second kappa shape index (κ2) is 7.80. The van der Waals surface area contributed by atoms with Crippen LogP contribution in [0.4, 0.5) is 0 Å². The zero-order chi connectivity index (χ0) is 14.4. The van der Waals surface area contributed by atoms with E-state index in [9.17, 15) is 0 Å². The lowest BCUT2D eigenvalue weighted by Gasteiger charge is -2.34. The molecule has 0 bridgehead atoms. The number of hydrogen-bond acceptors (Lipinski definition) is 2. The predicted octanol–water partition coefficient (Wildman–Crippen LogP) is 3.59. The number of benzene rings is 1. The van der Waals surface area contributed by atoms with Gasteiger partial charge in [-0.3, -0.25) is 4.90 Å². The van der Waals surface area contributed by atoms with E-state index in [4.69, 9.17) is 5.73 Å². The molecule has 1 aromatic carbocycles. The van der Waals surface area contributed by atoms with Crippen molar-refractivity contribution in [3.05, 3.63) is 35.4 Å². The van der Waals surface area contributed by atoms with Gasteiger partial charge in [-0.05, 0) is 62.7 Å². The molecule has 0 heterocycles. The van der Waals surface area contributed by atoms with Crippen molar-refractivity contribution in [3.8, 4) is 0 Å². The van der Waals surface area contributed by atoms with Crippen LogP contribution in [-0.4, -0.2) is 24.5 Å². The third-order valence-corrected chi connectivity index (χ3v) is 4.90.